The third-order valence-corrected chi connectivity index (χ3v) is 13.9. The van der Waals surface area contributed by atoms with Crippen molar-refractivity contribution in [3.8, 4) is 0 Å². The number of thioether (sulfide) groups is 7. The summed E-state index contributed by atoms with van der Waals surface area (Å²) in [7, 11) is -0.818. The van der Waals surface area contributed by atoms with E-state index in [0.717, 1.165) is 51.1 Å². The lowest BCUT2D eigenvalue weighted by Gasteiger charge is -2.05. The Bertz CT molecular complexity index is 577. The van der Waals surface area contributed by atoms with Crippen molar-refractivity contribution >= 4 is 104 Å². The number of rotatable bonds is 30. The van der Waals surface area contributed by atoms with E-state index in [1.54, 1.807) is 58.8 Å². The van der Waals surface area contributed by atoms with Crippen LogP contribution in [0.1, 0.15) is 12.8 Å². The van der Waals surface area contributed by atoms with Crippen LogP contribution in [0.25, 0.3) is 0 Å². The molecule has 0 aromatic carbocycles. The van der Waals surface area contributed by atoms with Gasteiger partial charge >= 0.3 is 5.97 Å². The lowest BCUT2D eigenvalue weighted by Crippen LogP contribution is -2.10. The molecule has 0 bridgehead atoms. The first-order valence-corrected chi connectivity index (χ1v) is 21.6. The van der Waals surface area contributed by atoms with E-state index in [0.29, 0.717) is 48.4 Å². The molecule has 0 fully saturated rings. The maximum absolute atomic E-state index is 12.1. The van der Waals surface area contributed by atoms with Crippen molar-refractivity contribution in [3.05, 3.63) is 0 Å². The summed E-state index contributed by atoms with van der Waals surface area (Å²) < 4.78 is 17.0. The number of hydrogen-bond donors (Lipinski definition) is 2. The van der Waals surface area contributed by atoms with Gasteiger partial charge in [-0.15, -0.1) is 35.3 Å². The molecule has 0 aliphatic rings. The van der Waals surface area contributed by atoms with Crippen LogP contribution in [0.3, 0.4) is 0 Å². The molecule has 2 N–H and O–H groups in total. The fourth-order valence-electron chi connectivity index (χ4n) is 2.07. The Balaban J connectivity index is 3.31. The lowest BCUT2D eigenvalue weighted by atomic mass is 10.5. The highest BCUT2D eigenvalue weighted by Crippen LogP contribution is 2.18. The zero-order valence-electron chi connectivity index (χ0n) is 21.8. The van der Waals surface area contributed by atoms with Crippen molar-refractivity contribution in [1.82, 2.24) is 0 Å². The average Bonchev–Trinajstić information content (AvgIpc) is 2.90. The Kier molecular flexibility index (Phi) is 34.5. The van der Waals surface area contributed by atoms with Gasteiger partial charge in [0, 0.05) is 87.3 Å². The van der Waals surface area contributed by atoms with Crippen LogP contribution in [-0.4, -0.2) is 132 Å². The van der Waals surface area contributed by atoms with Crippen molar-refractivity contribution in [2.45, 2.75) is 12.8 Å². The number of aliphatic hydroxyl groups excluding tert-OH is 2. The number of carbonyl (C=O) groups is 2. The fourth-order valence-corrected chi connectivity index (χ4v) is 11.0. The molecule has 1 unspecified atom stereocenters. The second kappa shape index (κ2) is 33.1. The fraction of sp³-hybridized carbons (Fsp3) is 0.909. The maximum Gasteiger partial charge on any atom is 0.315 e. The van der Waals surface area contributed by atoms with Crippen molar-refractivity contribution in [3.63, 3.8) is 0 Å². The van der Waals surface area contributed by atoms with Gasteiger partial charge in [0.2, 0.25) is 0 Å². The van der Waals surface area contributed by atoms with Gasteiger partial charge in [0.15, 0.2) is 5.12 Å². The SMILES string of the molecule is O=C(CSCCSCCS(=O)CSCCSCSC(=O)CSCCSCCOOCCCO)OCCCO. The zero-order chi connectivity index (χ0) is 27.9. The number of aliphatic hydroxyl groups is 2. The Labute approximate surface area is 260 Å². The summed E-state index contributed by atoms with van der Waals surface area (Å²) in [6, 6.07) is 0. The first-order valence-electron chi connectivity index (χ1n) is 12.2. The predicted molar refractivity (Wildman–Crippen MR) is 176 cm³/mol. The van der Waals surface area contributed by atoms with E-state index >= 15 is 0 Å². The van der Waals surface area contributed by atoms with E-state index < -0.39 is 10.8 Å². The average molecular weight is 691 g/mol. The van der Waals surface area contributed by atoms with Crippen LogP contribution in [0.2, 0.25) is 0 Å². The van der Waals surface area contributed by atoms with Crippen LogP contribution in [0.5, 0.6) is 0 Å². The molecule has 0 saturated heterocycles. The van der Waals surface area contributed by atoms with Crippen LogP contribution >= 0.6 is 82.3 Å². The molecular weight excluding hydrogens is 649 g/mol. The summed E-state index contributed by atoms with van der Waals surface area (Å²) in [5.74, 6) is 8.59. The minimum Gasteiger partial charge on any atom is -0.465 e. The van der Waals surface area contributed by atoms with Crippen LogP contribution < -0.4 is 0 Å². The summed E-state index contributed by atoms with van der Waals surface area (Å²) >= 11 is 11.6. The zero-order valence-corrected chi connectivity index (χ0v) is 28.3. The smallest absolute Gasteiger partial charge is 0.315 e. The molecule has 226 valence electrons. The molecule has 16 heteroatoms. The van der Waals surface area contributed by atoms with Gasteiger partial charge in [-0.25, -0.2) is 9.78 Å². The van der Waals surface area contributed by atoms with Gasteiger partial charge in [-0.1, -0.05) is 11.8 Å². The molecule has 0 heterocycles. The number of esters is 1. The highest BCUT2D eigenvalue weighted by molar-refractivity contribution is 8.25. The maximum atomic E-state index is 12.1. The van der Waals surface area contributed by atoms with Crippen molar-refractivity contribution < 1.29 is 38.5 Å². The van der Waals surface area contributed by atoms with Crippen molar-refractivity contribution in [2.75, 3.05) is 106 Å². The van der Waals surface area contributed by atoms with Crippen LogP contribution in [0.4, 0.5) is 0 Å². The first-order chi connectivity index (χ1) is 18.6. The molecule has 0 aliphatic carbocycles. The molecule has 0 aromatic heterocycles. The van der Waals surface area contributed by atoms with Crippen molar-refractivity contribution in [2.24, 2.45) is 0 Å². The highest BCUT2D eigenvalue weighted by atomic mass is 32.2. The van der Waals surface area contributed by atoms with Crippen LogP contribution in [0, 0.1) is 0 Å². The Morgan fingerprint density at radius 3 is 2.03 bits per heavy atom. The third-order valence-electron chi connectivity index (χ3n) is 3.87. The Morgan fingerprint density at radius 1 is 0.658 bits per heavy atom. The topological polar surface area (TPSA) is 119 Å². The normalized spacial score (nSPS) is 12.1. The second-order valence-electron chi connectivity index (χ2n) is 7.06. The van der Waals surface area contributed by atoms with E-state index in [1.807, 2.05) is 0 Å². The minimum atomic E-state index is -0.818. The van der Waals surface area contributed by atoms with Crippen molar-refractivity contribution in [1.29, 1.82) is 0 Å². The molecule has 0 spiro atoms. The third kappa shape index (κ3) is 32.1. The molecule has 1 atom stereocenters. The Morgan fingerprint density at radius 2 is 1.26 bits per heavy atom. The molecule has 0 saturated carbocycles. The van der Waals surface area contributed by atoms with Gasteiger partial charge in [0.05, 0.1) is 36.4 Å². The summed E-state index contributed by atoms with van der Waals surface area (Å²) in [5.41, 5.74) is 0. The van der Waals surface area contributed by atoms with E-state index in [1.165, 1.54) is 23.5 Å². The summed E-state index contributed by atoms with van der Waals surface area (Å²) in [6.07, 6.45) is 1.05. The summed E-state index contributed by atoms with van der Waals surface area (Å²) in [5, 5.41) is 18.9. The monoisotopic (exact) mass is 690 g/mol. The second-order valence-corrected chi connectivity index (χ2v) is 17.3. The molecule has 0 rings (SSSR count). The molecule has 0 radical (unpaired) electrons. The Hall–Kier alpha value is 1.58. The molecule has 38 heavy (non-hydrogen) atoms. The van der Waals surface area contributed by atoms with Gasteiger partial charge in [-0.2, -0.15) is 35.3 Å². The van der Waals surface area contributed by atoms with Gasteiger partial charge in [0.1, 0.15) is 0 Å². The van der Waals surface area contributed by atoms with Gasteiger partial charge in [-0.3, -0.25) is 13.8 Å². The van der Waals surface area contributed by atoms with Gasteiger partial charge in [0.25, 0.3) is 0 Å². The van der Waals surface area contributed by atoms with Crippen LogP contribution in [0.15, 0.2) is 0 Å². The van der Waals surface area contributed by atoms with E-state index in [2.05, 4.69) is 0 Å². The number of carbonyl (C=O) groups excluding carboxylic acids is 2. The van der Waals surface area contributed by atoms with Gasteiger partial charge < -0.3 is 14.9 Å². The molecule has 0 aliphatic heterocycles. The van der Waals surface area contributed by atoms with E-state index in [9.17, 15) is 13.8 Å². The quantitative estimate of drug-likeness (QED) is 0.0376. The van der Waals surface area contributed by atoms with E-state index in [-0.39, 0.29) is 30.9 Å². The predicted octanol–water partition coefficient (Wildman–Crippen LogP) is 3.57. The summed E-state index contributed by atoms with van der Waals surface area (Å²) in [4.78, 5) is 33.2. The molecular formula is C22H42O8S8. The highest BCUT2D eigenvalue weighted by Gasteiger charge is 2.05. The molecule has 0 aromatic rings. The summed E-state index contributed by atoms with van der Waals surface area (Å²) in [6.45, 7) is 1.34. The first kappa shape index (κ1) is 39.6. The standard InChI is InChI=1S/C22H42O8S8/c23-3-1-5-28-21(25)17-33-11-10-32-15-16-38(27)20-36-14-13-35-19-37-22(26)18-34-12-9-31-8-7-30-29-6-2-4-24/h23-24H,1-20H2. The largest absolute Gasteiger partial charge is 0.465 e. The number of hydrogen-bond acceptors (Lipinski definition) is 15. The number of ether oxygens (including phenoxy) is 1. The van der Waals surface area contributed by atoms with E-state index in [4.69, 9.17) is 24.7 Å². The molecule has 8 nitrogen and oxygen atoms in total. The molecule has 0 amide bonds. The minimum absolute atomic E-state index is 0.0293. The van der Waals surface area contributed by atoms with Crippen LogP contribution in [-0.2, 0) is 34.9 Å². The van der Waals surface area contributed by atoms with Gasteiger partial charge in [-0.05, 0) is 6.42 Å². The lowest BCUT2D eigenvalue weighted by molar-refractivity contribution is -0.291.